The van der Waals surface area contributed by atoms with Crippen LogP contribution in [0.2, 0.25) is 0 Å². The fourth-order valence-electron chi connectivity index (χ4n) is 1.65. The van der Waals surface area contributed by atoms with Gasteiger partial charge < -0.3 is 4.74 Å². The summed E-state index contributed by atoms with van der Waals surface area (Å²) in [5.74, 6) is 0. The van der Waals surface area contributed by atoms with Crippen molar-refractivity contribution in [2.45, 2.75) is 6.54 Å². The van der Waals surface area contributed by atoms with E-state index in [-0.39, 0.29) is 0 Å². The standard InChI is InChI=1S/C13H16N2O2/c1-16-6-7-17-15-10-12-9-14-8-11-4-2-3-5-13(11)12/h2-5,8-9,15H,6-7,10H2,1H3. The van der Waals surface area contributed by atoms with E-state index in [0.717, 1.165) is 10.9 Å². The first kappa shape index (κ1) is 12.0. The Morgan fingerprint density at radius 3 is 2.94 bits per heavy atom. The molecule has 0 saturated carbocycles. The smallest absolute Gasteiger partial charge is 0.0916 e. The van der Waals surface area contributed by atoms with Gasteiger partial charge >= 0.3 is 0 Å². The van der Waals surface area contributed by atoms with Crippen LogP contribution in [0.25, 0.3) is 10.8 Å². The minimum atomic E-state index is 0.536. The summed E-state index contributed by atoms with van der Waals surface area (Å²) in [6, 6.07) is 8.18. The molecule has 0 bridgehead atoms. The average Bonchev–Trinajstić information content (AvgIpc) is 2.39. The van der Waals surface area contributed by atoms with Gasteiger partial charge in [0.1, 0.15) is 0 Å². The number of nitrogens with zero attached hydrogens (tertiary/aromatic N) is 1. The minimum absolute atomic E-state index is 0.536. The molecule has 2 aromatic rings. The summed E-state index contributed by atoms with van der Waals surface area (Å²) in [5, 5.41) is 2.34. The van der Waals surface area contributed by atoms with Gasteiger partial charge in [0.25, 0.3) is 0 Å². The van der Waals surface area contributed by atoms with Crippen molar-refractivity contribution in [1.29, 1.82) is 0 Å². The molecule has 0 aliphatic carbocycles. The van der Waals surface area contributed by atoms with Gasteiger partial charge in [0.05, 0.1) is 13.2 Å². The molecular formula is C13H16N2O2. The van der Waals surface area contributed by atoms with E-state index in [9.17, 15) is 0 Å². The number of fused-ring (bicyclic) bond motifs is 1. The zero-order chi connectivity index (χ0) is 11.9. The third-order valence-corrected chi connectivity index (χ3v) is 2.50. The summed E-state index contributed by atoms with van der Waals surface area (Å²) < 4.78 is 4.89. The number of aromatic nitrogens is 1. The van der Waals surface area contributed by atoms with E-state index in [0.29, 0.717) is 19.8 Å². The second-order valence-corrected chi connectivity index (χ2v) is 3.68. The van der Waals surface area contributed by atoms with Crippen molar-refractivity contribution in [2.75, 3.05) is 20.3 Å². The molecule has 0 radical (unpaired) electrons. The largest absolute Gasteiger partial charge is 0.382 e. The molecule has 0 amide bonds. The normalized spacial score (nSPS) is 10.9. The number of hydroxylamine groups is 1. The first-order valence-corrected chi connectivity index (χ1v) is 5.57. The average molecular weight is 232 g/mol. The van der Waals surface area contributed by atoms with Crippen LogP contribution in [0.15, 0.2) is 36.7 Å². The van der Waals surface area contributed by atoms with Crippen LogP contribution in [0.3, 0.4) is 0 Å². The zero-order valence-electron chi connectivity index (χ0n) is 9.85. The molecule has 0 unspecified atom stereocenters. The highest BCUT2D eigenvalue weighted by Gasteiger charge is 2.00. The quantitative estimate of drug-likeness (QED) is 0.610. The van der Waals surface area contributed by atoms with Crippen molar-refractivity contribution < 1.29 is 9.57 Å². The van der Waals surface area contributed by atoms with E-state index in [1.807, 2.05) is 24.5 Å². The Hall–Kier alpha value is -1.49. The summed E-state index contributed by atoms with van der Waals surface area (Å²) in [6.45, 7) is 1.76. The first-order valence-electron chi connectivity index (χ1n) is 5.57. The molecule has 0 aliphatic heterocycles. The number of pyridine rings is 1. The van der Waals surface area contributed by atoms with Crippen molar-refractivity contribution in [2.24, 2.45) is 0 Å². The number of hydrogen-bond donors (Lipinski definition) is 1. The molecular weight excluding hydrogens is 216 g/mol. The molecule has 0 atom stereocenters. The summed E-state index contributed by atoms with van der Waals surface area (Å²) in [7, 11) is 1.65. The van der Waals surface area contributed by atoms with E-state index in [1.165, 1.54) is 5.39 Å². The monoisotopic (exact) mass is 232 g/mol. The zero-order valence-corrected chi connectivity index (χ0v) is 9.85. The Morgan fingerprint density at radius 1 is 1.18 bits per heavy atom. The van der Waals surface area contributed by atoms with Crippen molar-refractivity contribution in [3.05, 3.63) is 42.2 Å². The van der Waals surface area contributed by atoms with Gasteiger partial charge in [0, 0.05) is 31.4 Å². The molecule has 0 saturated heterocycles. The number of benzene rings is 1. The molecule has 4 nitrogen and oxygen atoms in total. The highest BCUT2D eigenvalue weighted by atomic mass is 16.7. The van der Waals surface area contributed by atoms with Crippen LogP contribution >= 0.6 is 0 Å². The van der Waals surface area contributed by atoms with Crippen molar-refractivity contribution in [3.63, 3.8) is 0 Å². The highest BCUT2D eigenvalue weighted by Crippen LogP contribution is 2.16. The van der Waals surface area contributed by atoms with E-state index in [4.69, 9.17) is 9.57 Å². The predicted octanol–water partition coefficient (Wildman–Crippen LogP) is 1.90. The molecule has 17 heavy (non-hydrogen) atoms. The van der Waals surface area contributed by atoms with Gasteiger partial charge in [-0.1, -0.05) is 24.3 Å². The number of nitrogens with one attached hydrogen (secondary N) is 1. The molecule has 90 valence electrons. The summed E-state index contributed by atoms with van der Waals surface area (Å²) in [6.07, 6.45) is 3.72. The van der Waals surface area contributed by atoms with Gasteiger partial charge in [-0.15, -0.1) is 0 Å². The Labute approximate surface area is 101 Å². The van der Waals surface area contributed by atoms with Crippen LogP contribution in [0.1, 0.15) is 5.56 Å². The fourth-order valence-corrected chi connectivity index (χ4v) is 1.65. The van der Waals surface area contributed by atoms with Crippen LogP contribution in [0.4, 0.5) is 0 Å². The maximum Gasteiger partial charge on any atom is 0.0916 e. The van der Waals surface area contributed by atoms with Crippen LogP contribution in [-0.2, 0) is 16.1 Å². The minimum Gasteiger partial charge on any atom is -0.382 e. The predicted molar refractivity (Wildman–Crippen MR) is 66.4 cm³/mol. The maximum absolute atomic E-state index is 5.22. The molecule has 1 aromatic carbocycles. The third kappa shape index (κ3) is 3.23. The maximum atomic E-state index is 5.22. The molecule has 0 fully saturated rings. The second-order valence-electron chi connectivity index (χ2n) is 3.68. The third-order valence-electron chi connectivity index (χ3n) is 2.50. The van der Waals surface area contributed by atoms with Crippen LogP contribution < -0.4 is 5.48 Å². The lowest BCUT2D eigenvalue weighted by Crippen LogP contribution is -2.17. The number of rotatable bonds is 6. The van der Waals surface area contributed by atoms with Gasteiger partial charge in [0.15, 0.2) is 0 Å². The van der Waals surface area contributed by atoms with Crippen molar-refractivity contribution in [1.82, 2.24) is 10.5 Å². The van der Waals surface area contributed by atoms with E-state index < -0.39 is 0 Å². The Bertz CT molecular complexity index is 468. The van der Waals surface area contributed by atoms with Crippen LogP contribution in [-0.4, -0.2) is 25.3 Å². The molecule has 1 N–H and O–H groups in total. The Morgan fingerprint density at radius 2 is 2.06 bits per heavy atom. The molecule has 1 heterocycles. The van der Waals surface area contributed by atoms with E-state index in [2.05, 4.69) is 22.6 Å². The van der Waals surface area contributed by atoms with Gasteiger partial charge in [-0.2, -0.15) is 5.48 Å². The van der Waals surface area contributed by atoms with Crippen molar-refractivity contribution in [3.8, 4) is 0 Å². The highest BCUT2D eigenvalue weighted by molar-refractivity contribution is 5.84. The molecule has 4 heteroatoms. The number of methoxy groups -OCH3 is 1. The molecule has 1 aromatic heterocycles. The Kier molecular flexibility index (Phi) is 4.44. The lowest BCUT2D eigenvalue weighted by molar-refractivity contribution is 0.00359. The van der Waals surface area contributed by atoms with Gasteiger partial charge in [-0.25, -0.2) is 0 Å². The second kappa shape index (κ2) is 6.30. The SMILES string of the molecule is COCCONCc1cncc2ccccc12. The number of ether oxygens (including phenoxy) is 1. The molecule has 0 spiro atoms. The van der Waals surface area contributed by atoms with E-state index >= 15 is 0 Å². The molecule has 0 aliphatic rings. The number of hydrogen-bond acceptors (Lipinski definition) is 4. The van der Waals surface area contributed by atoms with Gasteiger partial charge in [-0.3, -0.25) is 9.82 Å². The fraction of sp³-hybridized carbons (Fsp3) is 0.308. The topological polar surface area (TPSA) is 43.4 Å². The van der Waals surface area contributed by atoms with Crippen LogP contribution in [0.5, 0.6) is 0 Å². The van der Waals surface area contributed by atoms with Crippen molar-refractivity contribution >= 4 is 10.8 Å². The summed E-state index contributed by atoms with van der Waals surface area (Å²) in [4.78, 5) is 9.43. The van der Waals surface area contributed by atoms with E-state index in [1.54, 1.807) is 7.11 Å². The van der Waals surface area contributed by atoms with Gasteiger partial charge in [0.2, 0.25) is 0 Å². The summed E-state index contributed by atoms with van der Waals surface area (Å²) in [5.41, 5.74) is 4.03. The Balaban J connectivity index is 1.98. The lowest BCUT2D eigenvalue weighted by atomic mass is 10.1. The van der Waals surface area contributed by atoms with Gasteiger partial charge in [-0.05, 0) is 10.9 Å². The van der Waals surface area contributed by atoms with Crippen LogP contribution in [0, 0.1) is 0 Å². The first-order chi connectivity index (χ1) is 8.42. The summed E-state index contributed by atoms with van der Waals surface area (Å²) >= 11 is 0. The molecule has 2 rings (SSSR count). The lowest BCUT2D eigenvalue weighted by Gasteiger charge is -2.07.